The van der Waals surface area contributed by atoms with Crippen molar-refractivity contribution in [1.82, 2.24) is 9.47 Å². The van der Waals surface area contributed by atoms with Crippen LogP contribution in [-0.2, 0) is 17.8 Å². The summed E-state index contributed by atoms with van der Waals surface area (Å²) in [5.74, 6) is 0.800. The molecule has 0 unspecified atom stereocenters. The van der Waals surface area contributed by atoms with Crippen LogP contribution < -0.4 is 0 Å². The molecule has 1 aromatic carbocycles. The first-order chi connectivity index (χ1) is 11.1. The number of carbonyl (C=O) groups excluding carboxylic acids is 1. The van der Waals surface area contributed by atoms with Gasteiger partial charge in [0.2, 0.25) is 5.91 Å². The minimum Gasteiger partial charge on any atom is -0.467 e. The van der Waals surface area contributed by atoms with Crippen LogP contribution in [0.2, 0.25) is 5.02 Å². The number of hydrogen-bond donors (Lipinski definition) is 0. The maximum atomic E-state index is 12.4. The second-order valence-electron chi connectivity index (χ2n) is 5.36. The molecule has 0 atom stereocenters. The third-order valence-electron chi connectivity index (χ3n) is 3.65. The highest BCUT2D eigenvalue weighted by Crippen LogP contribution is 2.18. The van der Waals surface area contributed by atoms with Crippen LogP contribution in [0.1, 0.15) is 11.5 Å². The number of nitrogens with zero attached hydrogens (tertiary/aromatic N) is 2. The van der Waals surface area contributed by atoms with Gasteiger partial charge in [0, 0.05) is 29.6 Å². The summed E-state index contributed by atoms with van der Waals surface area (Å²) in [7, 11) is 1.78. The van der Waals surface area contributed by atoms with Crippen molar-refractivity contribution in [1.29, 1.82) is 0 Å². The SMILES string of the molecule is CN(Cc1ccco1)C(=O)Cc1cccn1-c1cccc(Cl)c1. The van der Waals surface area contributed by atoms with Gasteiger partial charge in [0.15, 0.2) is 0 Å². The highest BCUT2D eigenvalue weighted by atomic mass is 35.5. The summed E-state index contributed by atoms with van der Waals surface area (Å²) < 4.78 is 7.26. The summed E-state index contributed by atoms with van der Waals surface area (Å²) in [4.78, 5) is 14.1. The molecule has 118 valence electrons. The van der Waals surface area contributed by atoms with Crippen LogP contribution in [0.3, 0.4) is 0 Å². The molecule has 23 heavy (non-hydrogen) atoms. The fourth-order valence-electron chi connectivity index (χ4n) is 2.45. The number of halogens is 1. The lowest BCUT2D eigenvalue weighted by atomic mass is 10.2. The van der Waals surface area contributed by atoms with Crippen LogP contribution in [0.5, 0.6) is 0 Å². The molecular weight excluding hydrogens is 312 g/mol. The molecule has 0 bridgehead atoms. The van der Waals surface area contributed by atoms with Crippen LogP contribution in [0.4, 0.5) is 0 Å². The molecule has 0 aliphatic heterocycles. The van der Waals surface area contributed by atoms with Gasteiger partial charge in [-0.3, -0.25) is 4.79 Å². The van der Waals surface area contributed by atoms with Crippen LogP contribution in [0, 0.1) is 0 Å². The van der Waals surface area contributed by atoms with Gasteiger partial charge in [0.05, 0.1) is 19.2 Å². The summed E-state index contributed by atoms with van der Waals surface area (Å²) in [5, 5.41) is 0.670. The van der Waals surface area contributed by atoms with Crippen molar-refractivity contribution < 1.29 is 9.21 Å². The van der Waals surface area contributed by atoms with Crippen LogP contribution in [0.15, 0.2) is 65.4 Å². The average Bonchev–Trinajstić information content (AvgIpc) is 3.18. The van der Waals surface area contributed by atoms with E-state index in [-0.39, 0.29) is 5.91 Å². The highest BCUT2D eigenvalue weighted by molar-refractivity contribution is 6.30. The molecule has 0 aliphatic carbocycles. The van der Waals surface area contributed by atoms with Crippen molar-refractivity contribution in [3.8, 4) is 5.69 Å². The Kier molecular flexibility index (Phi) is 4.53. The molecule has 0 aliphatic rings. The maximum absolute atomic E-state index is 12.4. The number of amides is 1. The van der Waals surface area contributed by atoms with E-state index in [9.17, 15) is 4.79 Å². The lowest BCUT2D eigenvalue weighted by molar-refractivity contribution is -0.130. The molecule has 0 spiro atoms. The monoisotopic (exact) mass is 328 g/mol. The van der Waals surface area contributed by atoms with Crippen LogP contribution in [-0.4, -0.2) is 22.4 Å². The number of rotatable bonds is 5. The Morgan fingerprint density at radius 3 is 2.83 bits per heavy atom. The molecule has 2 heterocycles. The number of carbonyl (C=O) groups is 1. The minimum absolute atomic E-state index is 0.0309. The van der Waals surface area contributed by atoms with E-state index >= 15 is 0 Å². The Morgan fingerprint density at radius 1 is 1.22 bits per heavy atom. The fraction of sp³-hybridized carbons (Fsp3) is 0.167. The first-order valence-electron chi connectivity index (χ1n) is 7.32. The predicted octanol–water partition coefficient (Wildman–Crippen LogP) is 3.92. The summed E-state index contributed by atoms with van der Waals surface area (Å²) in [6.07, 6.45) is 3.86. The van der Waals surface area contributed by atoms with Crippen molar-refractivity contribution in [2.45, 2.75) is 13.0 Å². The van der Waals surface area contributed by atoms with E-state index in [1.165, 1.54) is 0 Å². The van der Waals surface area contributed by atoms with E-state index in [1.807, 2.05) is 59.3 Å². The number of aromatic nitrogens is 1. The fourth-order valence-corrected chi connectivity index (χ4v) is 2.64. The second-order valence-corrected chi connectivity index (χ2v) is 5.79. The standard InChI is InChI=1S/C18H17ClN2O2/c1-20(13-17-8-4-10-23-17)18(22)12-16-7-3-9-21(16)15-6-2-5-14(19)11-15/h2-11H,12-13H2,1H3. The van der Waals surface area contributed by atoms with Crippen LogP contribution >= 0.6 is 11.6 Å². The van der Waals surface area contributed by atoms with Crippen molar-refractivity contribution >= 4 is 17.5 Å². The van der Waals surface area contributed by atoms with E-state index in [2.05, 4.69) is 0 Å². The zero-order valence-corrected chi connectivity index (χ0v) is 13.5. The molecule has 0 fully saturated rings. The molecule has 4 nitrogen and oxygen atoms in total. The molecule has 0 N–H and O–H groups in total. The van der Waals surface area contributed by atoms with E-state index in [0.717, 1.165) is 17.1 Å². The topological polar surface area (TPSA) is 38.4 Å². The molecule has 2 aromatic heterocycles. The van der Waals surface area contributed by atoms with Gasteiger partial charge in [-0.1, -0.05) is 17.7 Å². The van der Waals surface area contributed by atoms with Crippen molar-refractivity contribution in [2.24, 2.45) is 0 Å². The van der Waals surface area contributed by atoms with Gasteiger partial charge in [-0.15, -0.1) is 0 Å². The van der Waals surface area contributed by atoms with Gasteiger partial charge in [-0.05, 0) is 42.5 Å². The Morgan fingerprint density at radius 2 is 2.09 bits per heavy atom. The van der Waals surface area contributed by atoms with E-state index in [0.29, 0.717) is 18.0 Å². The average molecular weight is 329 g/mol. The van der Waals surface area contributed by atoms with Crippen molar-refractivity contribution in [3.05, 3.63) is 77.5 Å². The molecule has 0 saturated heterocycles. The Balaban J connectivity index is 1.73. The molecule has 3 rings (SSSR count). The Labute approximate surface area is 139 Å². The zero-order valence-electron chi connectivity index (χ0n) is 12.8. The third-order valence-corrected chi connectivity index (χ3v) is 3.89. The summed E-state index contributed by atoms with van der Waals surface area (Å²) in [5.41, 5.74) is 1.86. The highest BCUT2D eigenvalue weighted by Gasteiger charge is 2.14. The lowest BCUT2D eigenvalue weighted by Gasteiger charge is -2.17. The largest absolute Gasteiger partial charge is 0.467 e. The Hall–Kier alpha value is -2.46. The first kappa shape index (κ1) is 15.4. The number of furan rings is 1. The van der Waals surface area contributed by atoms with Crippen molar-refractivity contribution in [2.75, 3.05) is 7.05 Å². The second kappa shape index (κ2) is 6.75. The van der Waals surface area contributed by atoms with Gasteiger partial charge in [-0.25, -0.2) is 0 Å². The zero-order chi connectivity index (χ0) is 16.2. The minimum atomic E-state index is 0.0309. The summed E-state index contributed by atoms with van der Waals surface area (Å²) >= 11 is 6.05. The quantitative estimate of drug-likeness (QED) is 0.712. The Bertz CT molecular complexity index is 793. The van der Waals surface area contributed by atoms with Gasteiger partial charge >= 0.3 is 0 Å². The first-order valence-corrected chi connectivity index (χ1v) is 7.70. The smallest absolute Gasteiger partial charge is 0.228 e. The molecule has 0 radical (unpaired) electrons. The predicted molar refractivity (Wildman–Crippen MR) is 89.7 cm³/mol. The molecule has 3 aromatic rings. The van der Waals surface area contributed by atoms with E-state index in [1.54, 1.807) is 18.2 Å². The number of benzene rings is 1. The van der Waals surface area contributed by atoms with Gasteiger partial charge in [-0.2, -0.15) is 0 Å². The molecule has 0 saturated carbocycles. The third kappa shape index (κ3) is 3.66. The van der Waals surface area contributed by atoms with E-state index < -0.39 is 0 Å². The van der Waals surface area contributed by atoms with Gasteiger partial charge < -0.3 is 13.9 Å². The summed E-state index contributed by atoms with van der Waals surface area (Å²) in [6.45, 7) is 0.462. The lowest BCUT2D eigenvalue weighted by Crippen LogP contribution is -2.28. The molecular formula is C18H17ClN2O2. The van der Waals surface area contributed by atoms with Crippen LogP contribution in [0.25, 0.3) is 5.69 Å². The number of hydrogen-bond acceptors (Lipinski definition) is 2. The molecule has 1 amide bonds. The molecule has 5 heteroatoms. The number of likely N-dealkylation sites (N-methyl/N-ethyl adjacent to an activating group) is 1. The normalized spacial score (nSPS) is 10.7. The van der Waals surface area contributed by atoms with Gasteiger partial charge in [0.25, 0.3) is 0 Å². The van der Waals surface area contributed by atoms with E-state index in [4.69, 9.17) is 16.0 Å². The maximum Gasteiger partial charge on any atom is 0.228 e. The van der Waals surface area contributed by atoms with Crippen molar-refractivity contribution in [3.63, 3.8) is 0 Å². The summed E-state index contributed by atoms with van der Waals surface area (Å²) in [6, 6.07) is 15.1. The van der Waals surface area contributed by atoms with Gasteiger partial charge in [0.1, 0.15) is 5.76 Å².